The van der Waals surface area contributed by atoms with Gasteiger partial charge >= 0.3 is 11.9 Å². The third-order valence-corrected chi connectivity index (χ3v) is 17.7. The molecule has 4 unspecified atom stereocenters. The number of carbonyl (C=O) groups excluding carboxylic acids is 1. The normalized spacial score (nSPS) is 38.3. The highest BCUT2D eigenvalue weighted by molar-refractivity contribution is 5.95. The summed E-state index contributed by atoms with van der Waals surface area (Å²) in [5.74, 6) is 3.63. The van der Waals surface area contributed by atoms with Crippen LogP contribution in [0.15, 0.2) is 42.6 Å². The smallest absolute Gasteiger partial charge is 0.337 e. The third-order valence-electron chi connectivity index (χ3n) is 17.7. The third kappa shape index (κ3) is 8.50. The van der Waals surface area contributed by atoms with Crippen molar-refractivity contribution >= 4 is 35.0 Å². The molecule has 336 valence electrons. The Kier molecular flexibility index (Phi) is 12.1. The Balaban J connectivity index is 0.000000149. The molecule has 10 fully saturated rings. The first-order valence-electron chi connectivity index (χ1n) is 24.9. The van der Waals surface area contributed by atoms with E-state index in [1.807, 2.05) is 29.2 Å². The number of rotatable bonds is 10. The molecule has 1 aromatic heterocycles. The molecule has 5 heterocycles. The van der Waals surface area contributed by atoms with Gasteiger partial charge in [-0.15, -0.1) is 0 Å². The summed E-state index contributed by atoms with van der Waals surface area (Å²) in [7, 11) is 0. The van der Waals surface area contributed by atoms with Crippen molar-refractivity contribution in [3.63, 3.8) is 0 Å². The van der Waals surface area contributed by atoms with Gasteiger partial charge in [-0.1, -0.05) is 44.2 Å². The Morgan fingerprint density at radius 2 is 1.24 bits per heavy atom. The summed E-state index contributed by atoms with van der Waals surface area (Å²) in [6.07, 6.45) is 31.1. The average molecular weight is 849 g/mol. The molecule has 10 aliphatic rings. The zero-order valence-corrected chi connectivity index (χ0v) is 37.1. The molecule has 1 amide bonds. The Bertz CT molecular complexity index is 1880. The number of anilines is 3. The first kappa shape index (κ1) is 42.3. The Morgan fingerprint density at radius 1 is 0.677 bits per heavy atom. The molecular formula is C51H72N6O5. The number of nitrogens with one attached hydrogen (secondary N) is 2. The van der Waals surface area contributed by atoms with E-state index in [1.165, 1.54) is 128 Å². The molecule has 11 nitrogen and oxygen atoms in total. The van der Waals surface area contributed by atoms with Crippen LogP contribution in [0, 0.1) is 29.6 Å². The van der Waals surface area contributed by atoms with Crippen LogP contribution in [0.2, 0.25) is 0 Å². The van der Waals surface area contributed by atoms with E-state index in [2.05, 4.69) is 25.4 Å². The van der Waals surface area contributed by atoms with Gasteiger partial charge in [-0.2, -0.15) is 0 Å². The lowest BCUT2D eigenvalue weighted by Crippen LogP contribution is -2.68. The highest BCUT2D eigenvalue weighted by atomic mass is 16.4. The molecule has 6 saturated carbocycles. The maximum atomic E-state index is 12.9. The number of hydrogen-bond acceptors (Lipinski definition) is 8. The van der Waals surface area contributed by atoms with E-state index in [-0.39, 0.29) is 18.5 Å². The fourth-order valence-electron chi connectivity index (χ4n) is 16.3. The number of amides is 1. The van der Waals surface area contributed by atoms with E-state index >= 15 is 0 Å². The molecule has 8 atom stereocenters. The lowest BCUT2D eigenvalue weighted by molar-refractivity contribution is -0.146. The van der Waals surface area contributed by atoms with Crippen LogP contribution in [0.1, 0.15) is 159 Å². The second-order valence-electron chi connectivity index (χ2n) is 21.8. The number of aliphatic carboxylic acids is 1. The number of hydrogen-bond donors (Lipinski definition) is 4. The highest BCUT2D eigenvalue weighted by Gasteiger charge is 2.58. The zero-order valence-electron chi connectivity index (χ0n) is 37.1. The van der Waals surface area contributed by atoms with E-state index in [0.717, 1.165) is 54.2 Å². The number of piperidine rings is 4. The quantitative estimate of drug-likeness (QED) is 0.183. The van der Waals surface area contributed by atoms with Crippen LogP contribution < -0.4 is 15.5 Å². The van der Waals surface area contributed by atoms with Crippen LogP contribution in [-0.4, -0.2) is 97.2 Å². The van der Waals surface area contributed by atoms with E-state index in [9.17, 15) is 19.5 Å². The largest absolute Gasteiger partial charge is 0.480 e. The molecule has 6 aliphatic carbocycles. The standard InChI is InChI=1S/C26H38N4O3.C25H34N2O2/c1-17(31)29(26-24(9-4-10-27-26)28-16-25(32)33)23-14-20-7-3-8-21(15-23)30(20)22-12-18-5-2-6-19(11-18)13-22;28-24(29)22-6-1-2-7-23(22)26-19-11-20-4-3-5-21(12-19)27(20)25-13-16-8-17(14-25)10-18(9-16)15-25/h4,9-10,18-23,28H,2-3,5-8,11-16H2,1H3,(H,32,33);1-2,6-7,16-21,26H,3-5,8-15H2,(H,28,29)/t18?,19?,20-,21+,22?,23?;16?,17?,18?,19?,20-,21+,25?. The van der Waals surface area contributed by atoms with Gasteiger partial charge in [0.25, 0.3) is 0 Å². The number of carbonyl (C=O) groups is 3. The van der Waals surface area contributed by atoms with Crippen molar-refractivity contribution in [1.82, 2.24) is 14.8 Å². The Morgan fingerprint density at radius 3 is 1.84 bits per heavy atom. The van der Waals surface area contributed by atoms with Crippen LogP contribution in [0.4, 0.5) is 17.2 Å². The minimum Gasteiger partial charge on any atom is -0.480 e. The first-order chi connectivity index (χ1) is 30.1. The number of para-hydroxylation sites is 1. The van der Waals surface area contributed by atoms with Crippen LogP contribution in [0.5, 0.6) is 0 Å². The molecule has 62 heavy (non-hydrogen) atoms. The minimum atomic E-state index is -0.931. The number of carboxylic acids is 2. The van der Waals surface area contributed by atoms with E-state index in [0.29, 0.717) is 52.8 Å². The second-order valence-corrected chi connectivity index (χ2v) is 21.8. The molecule has 0 radical (unpaired) electrons. The molecule has 10 bridgehead atoms. The van der Waals surface area contributed by atoms with Crippen molar-refractivity contribution in [1.29, 1.82) is 0 Å². The maximum Gasteiger partial charge on any atom is 0.337 e. The topological polar surface area (TPSA) is 138 Å². The summed E-state index contributed by atoms with van der Waals surface area (Å²) >= 11 is 0. The molecule has 2 aromatic rings. The number of pyridine rings is 1. The summed E-state index contributed by atoms with van der Waals surface area (Å²) < 4.78 is 0. The van der Waals surface area contributed by atoms with Crippen molar-refractivity contribution in [3.05, 3.63) is 48.2 Å². The number of aromatic nitrogens is 1. The van der Waals surface area contributed by atoms with Gasteiger partial charge in [0.1, 0.15) is 6.54 Å². The summed E-state index contributed by atoms with van der Waals surface area (Å²) in [5.41, 5.74) is 2.32. The van der Waals surface area contributed by atoms with Gasteiger partial charge in [-0.05, 0) is 163 Å². The number of carboxylic acid groups (broad SMARTS) is 2. The Labute approximate surface area is 369 Å². The number of fused-ring (bicyclic) bond motifs is 6. The fraction of sp³-hybridized carbons (Fsp3) is 0.725. The summed E-state index contributed by atoms with van der Waals surface area (Å²) in [5, 5.41) is 25.3. The van der Waals surface area contributed by atoms with Crippen molar-refractivity contribution in [2.24, 2.45) is 29.6 Å². The van der Waals surface area contributed by atoms with Crippen molar-refractivity contribution in [2.75, 3.05) is 22.1 Å². The van der Waals surface area contributed by atoms with Crippen molar-refractivity contribution in [3.8, 4) is 0 Å². The second kappa shape index (κ2) is 17.7. The van der Waals surface area contributed by atoms with Crippen LogP contribution in [0.3, 0.4) is 0 Å². The van der Waals surface area contributed by atoms with Gasteiger partial charge in [0, 0.05) is 66.6 Å². The van der Waals surface area contributed by atoms with Crippen molar-refractivity contribution < 1.29 is 24.6 Å². The lowest BCUT2D eigenvalue weighted by atomic mass is 9.51. The van der Waals surface area contributed by atoms with Gasteiger partial charge in [0.15, 0.2) is 5.82 Å². The summed E-state index contributed by atoms with van der Waals surface area (Å²) in [6, 6.07) is 14.7. The molecule has 4 N–H and O–H groups in total. The molecule has 4 aliphatic heterocycles. The number of nitrogens with zero attached hydrogens (tertiary/aromatic N) is 4. The number of benzene rings is 1. The molecular weight excluding hydrogens is 777 g/mol. The first-order valence-corrected chi connectivity index (χ1v) is 24.9. The van der Waals surface area contributed by atoms with Crippen LogP contribution in [0.25, 0.3) is 0 Å². The number of aromatic carboxylic acids is 1. The lowest BCUT2D eigenvalue weighted by Gasteiger charge is -2.66. The summed E-state index contributed by atoms with van der Waals surface area (Å²) in [6.45, 7) is 1.41. The van der Waals surface area contributed by atoms with Gasteiger partial charge < -0.3 is 20.8 Å². The summed E-state index contributed by atoms with van der Waals surface area (Å²) in [4.78, 5) is 48.0. The average Bonchev–Trinajstić information content (AvgIpc) is 3.22. The van der Waals surface area contributed by atoms with E-state index < -0.39 is 11.9 Å². The van der Waals surface area contributed by atoms with Gasteiger partial charge in [-0.25, -0.2) is 9.78 Å². The maximum absolute atomic E-state index is 12.9. The SMILES string of the molecule is CC(=O)N(c1ncccc1NCC(=O)O)C1C[C@H]2CCC[C@@H](C1)N2C1CC2CCCC(C2)C1.O=C(O)c1ccccc1NC1C[C@H]2CCC[C@@H](C1)N2C12CC3CC(CC(C3)C1)C2. The van der Waals surface area contributed by atoms with E-state index in [4.69, 9.17) is 5.11 Å². The van der Waals surface area contributed by atoms with Crippen LogP contribution >= 0.6 is 0 Å². The molecule has 12 rings (SSSR count). The molecule has 11 heteroatoms. The predicted molar refractivity (Wildman–Crippen MR) is 242 cm³/mol. The van der Waals surface area contributed by atoms with Gasteiger partial charge in [-0.3, -0.25) is 24.3 Å². The molecule has 1 aromatic carbocycles. The minimum absolute atomic E-state index is 0.0178. The van der Waals surface area contributed by atoms with Gasteiger partial charge in [0.05, 0.1) is 11.3 Å². The highest BCUT2D eigenvalue weighted by Crippen LogP contribution is 2.60. The predicted octanol–water partition coefficient (Wildman–Crippen LogP) is 9.44. The molecule has 4 saturated heterocycles. The Hall–Kier alpha value is -3.70. The van der Waals surface area contributed by atoms with Crippen molar-refractivity contribution in [2.45, 2.75) is 196 Å². The van der Waals surface area contributed by atoms with Gasteiger partial charge in [0.2, 0.25) is 5.91 Å². The fourth-order valence-corrected chi connectivity index (χ4v) is 16.3. The van der Waals surface area contributed by atoms with E-state index in [1.54, 1.807) is 25.3 Å². The van der Waals surface area contributed by atoms with Crippen LogP contribution in [-0.2, 0) is 9.59 Å². The molecule has 0 spiro atoms. The zero-order chi connectivity index (χ0) is 42.5. The monoisotopic (exact) mass is 849 g/mol.